The number of nitrogens with one attached hydrogen (secondary N) is 1. The summed E-state index contributed by atoms with van der Waals surface area (Å²) in [6, 6.07) is -0.553. The minimum absolute atomic E-state index is 0.303. The highest BCUT2D eigenvalue weighted by Crippen LogP contribution is 2.38. The average Bonchev–Trinajstić information content (AvgIpc) is 3.06. The first-order valence-electron chi connectivity index (χ1n) is 7.10. The van der Waals surface area contributed by atoms with Gasteiger partial charge in [-0.1, -0.05) is 18.3 Å². The van der Waals surface area contributed by atoms with Crippen LogP contribution in [-0.2, 0) is 20.7 Å². The van der Waals surface area contributed by atoms with Gasteiger partial charge in [0.15, 0.2) is 5.13 Å². The summed E-state index contributed by atoms with van der Waals surface area (Å²) in [6.45, 7) is 5.66. The monoisotopic (exact) mass is 357 g/mol. The second-order valence-corrected chi connectivity index (χ2v) is 8.04. The normalized spacial score (nSPS) is 19.5. The highest BCUT2D eigenvalue weighted by atomic mass is 32.2. The van der Waals surface area contributed by atoms with Crippen LogP contribution < -0.4 is 5.32 Å². The van der Waals surface area contributed by atoms with Gasteiger partial charge in [-0.15, -0.1) is 11.8 Å². The summed E-state index contributed by atoms with van der Waals surface area (Å²) in [4.78, 5) is 41.2. The molecular weight excluding hydrogens is 338 g/mol. The number of methoxy groups -OCH3 is 1. The number of rotatable bonds is 5. The van der Waals surface area contributed by atoms with E-state index in [0.29, 0.717) is 34.3 Å². The number of carbonyl (C=O) groups is 3. The molecule has 1 N–H and O–H groups in total. The Hall–Kier alpha value is -1.61. The Morgan fingerprint density at radius 1 is 1.52 bits per heavy atom. The van der Waals surface area contributed by atoms with Crippen molar-refractivity contribution >= 4 is 46.5 Å². The molecule has 2 heterocycles. The number of thiazole rings is 1. The molecule has 1 saturated heterocycles. The number of ether oxygens (including phenoxy) is 1. The van der Waals surface area contributed by atoms with Crippen molar-refractivity contribution < 1.29 is 19.1 Å². The van der Waals surface area contributed by atoms with Gasteiger partial charge in [0.2, 0.25) is 12.3 Å². The Bertz CT molecular complexity index is 630. The SMILES string of the molecule is CCc1nc(NC(=O)[C@@H]2CSC(C)(C)N2C=O)sc1C(=O)OC. The van der Waals surface area contributed by atoms with Crippen molar-refractivity contribution in [3.63, 3.8) is 0 Å². The standard InChI is InChI=1S/C14H19N3O4S2/c1-5-8-10(12(20)21-4)23-13(15-8)16-11(19)9-6-22-14(2,3)17(9)7-18/h7,9H,5-6H2,1-4H3,(H,15,16,19)/t9-/m0/s1. The van der Waals surface area contributed by atoms with Gasteiger partial charge in [0.1, 0.15) is 10.9 Å². The third kappa shape index (κ3) is 3.50. The van der Waals surface area contributed by atoms with E-state index in [1.54, 1.807) is 11.8 Å². The molecule has 126 valence electrons. The smallest absolute Gasteiger partial charge is 0.350 e. The van der Waals surface area contributed by atoms with E-state index < -0.39 is 16.9 Å². The first-order valence-corrected chi connectivity index (χ1v) is 8.90. The van der Waals surface area contributed by atoms with Crippen molar-refractivity contribution in [2.24, 2.45) is 0 Å². The first kappa shape index (κ1) is 17.7. The second kappa shape index (κ2) is 6.88. The lowest BCUT2D eigenvalue weighted by atomic mass is 10.2. The molecule has 1 aliphatic heterocycles. The van der Waals surface area contributed by atoms with E-state index in [4.69, 9.17) is 4.74 Å². The van der Waals surface area contributed by atoms with Crippen molar-refractivity contribution in [3.8, 4) is 0 Å². The van der Waals surface area contributed by atoms with Gasteiger partial charge >= 0.3 is 5.97 Å². The summed E-state index contributed by atoms with van der Waals surface area (Å²) in [5, 5.41) is 3.05. The maximum atomic E-state index is 12.4. The van der Waals surface area contributed by atoms with E-state index in [1.165, 1.54) is 12.0 Å². The molecular formula is C14H19N3O4S2. The minimum atomic E-state index is -0.553. The Kier molecular flexibility index (Phi) is 5.30. The van der Waals surface area contributed by atoms with Gasteiger partial charge in [-0.05, 0) is 20.3 Å². The number of amides is 2. The summed E-state index contributed by atoms with van der Waals surface area (Å²) < 4.78 is 4.72. The average molecular weight is 357 g/mol. The van der Waals surface area contributed by atoms with Gasteiger partial charge in [0.25, 0.3) is 0 Å². The van der Waals surface area contributed by atoms with Gasteiger partial charge in [-0.25, -0.2) is 9.78 Å². The summed E-state index contributed by atoms with van der Waals surface area (Å²) in [7, 11) is 1.31. The fourth-order valence-corrected chi connectivity index (χ4v) is 4.47. The molecule has 0 bridgehead atoms. The molecule has 0 spiro atoms. The molecule has 1 fully saturated rings. The molecule has 1 atom stereocenters. The fourth-order valence-electron chi connectivity index (χ4n) is 2.30. The Morgan fingerprint density at radius 3 is 2.78 bits per heavy atom. The number of nitrogens with zero attached hydrogens (tertiary/aromatic N) is 2. The zero-order valence-electron chi connectivity index (χ0n) is 13.4. The van der Waals surface area contributed by atoms with Gasteiger partial charge in [0.05, 0.1) is 17.7 Å². The van der Waals surface area contributed by atoms with Gasteiger partial charge in [-0.2, -0.15) is 0 Å². The van der Waals surface area contributed by atoms with Crippen LogP contribution in [0.4, 0.5) is 5.13 Å². The number of thioether (sulfide) groups is 1. The van der Waals surface area contributed by atoms with Gasteiger partial charge < -0.3 is 15.0 Å². The van der Waals surface area contributed by atoms with Crippen LogP contribution in [0.1, 0.15) is 36.1 Å². The highest BCUT2D eigenvalue weighted by molar-refractivity contribution is 8.00. The summed E-state index contributed by atoms with van der Waals surface area (Å²) in [6.07, 6.45) is 1.26. The third-order valence-electron chi connectivity index (χ3n) is 3.60. The topological polar surface area (TPSA) is 88.6 Å². The molecule has 1 aliphatic rings. The maximum absolute atomic E-state index is 12.4. The van der Waals surface area contributed by atoms with E-state index in [-0.39, 0.29) is 5.91 Å². The van der Waals surface area contributed by atoms with Crippen LogP contribution in [0.25, 0.3) is 0 Å². The summed E-state index contributed by atoms with van der Waals surface area (Å²) >= 11 is 2.62. The zero-order valence-corrected chi connectivity index (χ0v) is 15.0. The molecule has 1 aromatic heterocycles. The number of aromatic nitrogens is 1. The van der Waals surface area contributed by atoms with Gasteiger partial charge in [-0.3, -0.25) is 9.59 Å². The van der Waals surface area contributed by atoms with Crippen molar-refractivity contribution in [2.75, 3.05) is 18.2 Å². The second-order valence-electron chi connectivity index (χ2n) is 5.42. The molecule has 0 aromatic carbocycles. The van der Waals surface area contributed by atoms with Crippen molar-refractivity contribution in [3.05, 3.63) is 10.6 Å². The molecule has 1 aromatic rings. The maximum Gasteiger partial charge on any atom is 0.350 e. The number of carbonyl (C=O) groups excluding carboxylic acids is 3. The molecule has 0 radical (unpaired) electrons. The molecule has 2 rings (SSSR count). The fraction of sp³-hybridized carbons (Fsp3) is 0.571. The number of anilines is 1. The Labute approximate surface area is 142 Å². The summed E-state index contributed by atoms with van der Waals surface area (Å²) in [5.41, 5.74) is 0.588. The molecule has 0 aliphatic carbocycles. The lowest BCUT2D eigenvalue weighted by Gasteiger charge is -2.29. The highest BCUT2D eigenvalue weighted by Gasteiger charge is 2.43. The van der Waals surface area contributed by atoms with Crippen LogP contribution in [0.2, 0.25) is 0 Å². The number of aryl methyl sites for hydroxylation is 1. The van der Waals surface area contributed by atoms with E-state index in [2.05, 4.69) is 10.3 Å². The lowest BCUT2D eigenvalue weighted by Crippen LogP contribution is -2.47. The van der Waals surface area contributed by atoms with E-state index in [9.17, 15) is 14.4 Å². The quantitative estimate of drug-likeness (QED) is 0.638. The van der Waals surface area contributed by atoms with Crippen LogP contribution in [0, 0.1) is 0 Å². The minimum Gasteiger partial charge on any atom is -0.465 e. The van der Waals surface area contributed by atoms with Crippen LogP contribution >= 0.6 is 23.1 Å². The van der Waals surface area contributed by atoms with E-state index in [1.807, 2.05) is 20.8 Å². The molecule has 2 amide bonds. The Balaban J connectivity index is 2.16. The number of hydrogen-bond acceptors (Lipinski definition) is 7. The van der Waals surface area contributed by atoms with Crippen molar-refractivity contribution in [1.29, 1.82) is 0 Å². The molecule has 0 unspecified atom stereocenters. The van der Waals surface area contributed by atoms with Crippen LogP contribution in [0.5, 0.6) is 0 Å². The number of esters is 1. The van der Waals surface area contributed by atoms with Crippen LogP contribution in [0.3, 0.4) is 0 Å². The predicted octanol–water partition coefficient (Wildman–Crippen LogP) is 1.74. The zero-order chi connectivity index (χ0) is 17.2. The van der Waals surface area contributed by atoms with Crippen LogP contribution in [-0.4, -0.2) is 51.9 Å². The number of hydrogen-bond donors (Lipinski definition) is 1. The van der Waals surface area contributed by atoms with E-state index >= 15 is 0 Å². The molecule has 7 nitrogen and oxygen atoms in total. The van der Waals surface area contributed by atoms with Crippen molar-refractivity contribution in [2.45, 2.75) is 38.1 Å². The Morgan fingerprint density at radius 2 is 2.22 bits per heavy atom. The van der Waals surface area contributed by atoms with E-state index in [0.717, 1.165) is 11.3 Å². The summed E-state index contributed by atoms with van der Waals surface area (Å²) in [5.74, 6) is -0.247. The molecule has 9 heteroatoms. The third-order valence-corrected chi connectivity index (χ3v) is 5.99. The van der Waals surface area contributed by atoms with Crippen molar-refractivity contribution in [1.82, 2.24) is 9.88 Å². The molecule has 0 saturated carbocycles. The first-order chi connectivity index (χ1) is 10.8. The predicted molar refractivity (Wildman–Crippen MR) is 89.7 cm³/mol. The van der Waals surface area contributed by atoms with Gasteiger partial charge in [0, 0.05) is 5.75 Å². The van der Waals surface area contributed by atoms with Crippen LogP contribution in [0.15, 0.2) is 0 Å². The largest absolute Gasteiger partial charge is 0.465 e. The molecule has 23 heavy (non-hydrogen) atoms. The lowest BCUT2D eigenvalue weighted by molar-refractivity contribution is -0.130.